The molecule has 0 bridgehead atoms. The van der Waals surface area contributed by atoms with Crippen molar-refractivity contribution in [2.45, 2.75) is 13.5 Å². The summed E-state index contributed by atoms with van der Waals surface area (Å²) in [4.78, 5) is 16.9. The Morgan fingerprint density at radius 1 is 1.03 bits per heavy atom. The molecule has 0 saturated heterocycles. The fourth-order valence-corrected chi connectivity index (χ4v) is 3.50. The molecule has 0 aliphatic carbocycles. The van der Waals surface area contributed by atoms with Gasteiger partial charge in [0.2, 0.25) is 0 Å². The number of aromatic nitrogens is 2. The van der Waals surface area contributed by atoms with Crippen molar-refractivity contribution in [2.24, 2.45) is 0 Å². The zero-order valence-electron chi connectivity index (χ0n) is 16.3. The molecule has 1 N–H and O–H groups in total. The van der Waals surface area contributed by atoms with Gasteiger partial charge in [0.05, 0.1) is 11.3 Å². The van der Waals surface area contributed by atoms with Gasteiger partial charge in [-0.1, -0.05) is 23.7 Å². The van der Waals surface area contributed by atoms with E-state index in [0.717, 1.165) is 28.2 Å². The van der Waals surface area contributed by atoms with Crippen LogP contribution in [0.25, 0.3) is 16.9 Å². The van der Waals surface area contributed by atoms with Crippen LogP contribution in [0.1, 0.15) is 21.6 Å². The molecule has 0 saturated carbocycles. The van der Waals surface area contributed by atoms with E-state index >= 15 is 0 Å². The summed E-state index contributed by atoms with van der Waals surface area (Å²) in [5.74, 6) is -0.493. The number of amides is 1. The molecule has 4 rings (SSSR count). The summed E-state index contributed by atoms with van der Waals surface area (Å²) in [5.41, 5.74) is 4.78. The highest BCUT2D eigenvalue weighted by Crippen LogP contribution is 2.30. The van der Waals surface area contributed by atoms with E-state index in [0.29, 0.717) is 17.1 Å². The minimum atomic E-state index is -0.313. The molecule has 6 heteroatoms. The Labute approximate surface area is 179 Å². The van der Waals surface area contributed by atoms with E-state index in [2.05, 4.69) is 10.3 Å². The standard InChI is InChI=1S/C24H19ClFN3O/c1-16-22(24(30)28-15-17-10-12-27-13-11-17)14-23(18-2-4-19(25)5-3-18)29(16)21-8-6-20(26)7-9-21/h2-14H,15H2,1H3,(H,28,30). The molecule has 0 aliphatic heterocycles. The van der Waals surface area contributed by atoms with Crippen LogP contribution in [-0.4, -0.2) is 15.5 Å². The van der Waals surface area contributed by atoms with Crippen LogP contribution in [0.15, 0.2) is 79.1 Å². The van der Waals surface area contributed by atoms with Gasteiger partial charge < -0.3 is 9.88 Å². The van der Waals surface area contributed by atoms with Crippen molar-refractivity contribution in [2.75, 3.05) is 0 Å². The maximum atomic E-state index is 13.5. The van der Waals surface area contributed by atoms with Crippen LogP contribution in [0.2, 0.25) is 5.02 Å². The summed E-state index contributed by atoms with van der Waals surface area (Å²) < 4.78 is 15.4. The quantitative estimate of drug-likeness (QED) is 0.459. The number of carbonyl (C=O) groups excluding carboxylic acids is 1. The number of hydrogen-bond acceptors (Lipinski definition) is 2. The third kappa shape index (κ3) is 4.11. The summed E-state index contributed by atoms with van der Waals surface area (Å²) in [6.07, 6.45) is 3.38. The maximum Gasteiger partial charge on any atom is 0.253 e. The van der Waals surface area contributed by atoms with Gasteiger partial charge >= 0.3 is 0 Å². The van der Waals surface area contributed by atoms with Gasteiger partial charge in [0, 0.05) is 35.3 Å². The second-order valence-electron chi connectivity index (χ2n) is 6.89. The van der Waals surface area contributed by atoms with E-state index < -0.39 is 0 Å². The molecule has 2 heterocycles. The number of carbonyl (C=O) groups is 1. The van der Waals surface area contributed by atoms with Gasteiger partial charge in [0.1, 0.15) is 5.82 Å². The predicted octanol–water partition coefficient (Wildman–Crippen LogP) is 5.57. The van der Waals surface area contributed by atoms with E-state index in [4.69, 9.17) is 11.6 Å². The Morgan fingerprint density at radius 3 is 2.37 bits per heavy atom. The third-order valence-corrected chi connectivity index (χ3v) is 5.17. The number of nitrogens with zero attached hydrogens (tertiary/aromatic N) is 2. The number of hydrogen-bond donors (Lipinski definition) is 1. The van der Waals surface area contributed by atoms with Crippen molar-refractivity contribution in [3.8, 4) is 16.9 Å². The molecular weight excluding hydrogens is 401 g/mol. The lowest BCUT2D eigenvalue weighted by Gasteiger charge is -2.12. The smallest absolute Gasteiger partial charge is 0.253 e. The van der Waals surface area contributed by atoms with Crippen LogP contribution in [0, 0.1) is 12.7 Å². The molecule has 0 fully saturated rings. The van der Waals surface area contributed by atoms with Gasteiger partial charge in [0.25, 0.3) is 5.91 Å². The first-order valence-corrected chi connectivity index (χ1v) is 9.82. The van der Waals surface area contributed by atoms with E-state index in [1.165, 1.54) is 12.1 Å². The maximum absolute atomic E-state index is 13.5. The molecule has 0 aliphatic rings. The Hall–Kier alpha value is -3.44. The number of pyridine rings is 1. The molecule has 0 radical (unpaired) electrons. The molecule has 2 aromatic carbocycles. The van der Waals surface area contributed by atoms with E-state index in [1.807, 2.05) is 41.8 Å². The van der Waals surface area contributed by atoms with Crippen molar-refractivity contribution < 1.29 is 9.18 Å². The van der Waals surface area contributed by atoms with Crippen molar-refractivity contribution in [3.63, 3.8) is 0 Å². The fourth-order valence-electron chi connectivity index (χ4n) is 3.37. The van der Waals surface area contributed by atoms with Crippen molar-refractivity contribution in [1.29, 1.82) is 0 Å². The molecule has 4 aromatic rings. The highest BCUT2D eigenvalue weighted by Gasteiger charge is 2.19. The first kappa shape index (κ1) is 19.9. The summed E-state index contributed by atoms with van der Waals surface area (Å²) >= 11 is 6.04. The average molecular weight is 420 g/mol. The van der Waals surface area contributed by atoms with Gasteiger partial charge in [-0.15, -0.1) is 0 Å². The Kier molecular flexibility index (Phi) is 5.63. The highest BCUT2D eigenvalue weighted by atomic mass is 35.5. The fraction of sp³-hybridized carbons (Fsp3) is 0.0833. The zero-order valence-corrected chi connectivity index (χ0v) is 17.0. The third-order valence-electron chi connectivity index (χ3n) is 4.92. The lowest BCUT2D eigenvalue weighted by atomic mass is 10.1. The lowest BCUT2D eigenvalue weighted by molar-refractivity contribution is 0.0950. The van der Waals surface area contributed by atoms with Crippen LogP contribution in [0.3, 0.4) is 0 Å². The number of halogens is 2. The minimum Gasteiger partial charge on any atom is -0.348 e. The normalized spacial score (nSPS) is 10.8. The van der Waals surface area contributed by atoms with Gasteiger partial charge in [-0.3, -0.25) is 9.78 Å². The lowest BCUT2D eigenvalue weighted by Crippen LogP contribution is -2.23. The minimum absolute atomic E-state index is 0.180. The Morgan fingerprint density at radius 2 is 1.70 bits per heavy atom. The van der Waals surface area contributed by atoms with E-state index in [1.54, 1.807) is 36.7 Å². The monoisotopic (exact) mass is 419 g/mol. The molecule has 1 amide bonds. The predicted molar refractivity (Wildman–Crippen MR) is 116 cm³/mol. The molecular formula is C24H19ClFN3O. The highest BCUT2D eigenvalue weighted by molar-refractivity contribution is 6.30. The Bertz CT molecular complexity index is 1170. The van der Waals surface area contributed by atoms with Gasteiger partial charge in [-0.05, 0) is 72.6 Å². The molecule has 150 valence electrons. The molecule has 0 atom stereocenters. The largest absolute Gasteiger partial charge is 0.348 e. The summed E-state index contributed by atoms with van der Waals surface area (Å²) in [5, 5.41) is 3.59. The second kappa shape index (κ2) is 8.51. The average Bonchev–Trinajstić information content (AvgIpc) is 3.11. The van der Waals surface area contributed by atoms with Gasteiger partial charge in [0.15, 0.2) is 0 Å². The summed E-state index contributed by atoms with van der Waals surface area (Å²) in [6, 6.07) is 19.2. The van der Waals surface area contributed by atoms with Crippen LogP contribution in [0.4, 0.5) is 4.39 Å². The first-order valence-electron chi connectivity index (χ1n) is 9.44. The summed E-state index contributed by atoms with van der Waals surface area (Å²) in [7, 11) is 0. The van der Waals surface area contributed by atoms with Crippen LogP contribution < -0.4 is 5.32 Å². The zero-order chi connectivity index (χ0) is 21.1. The molecule has 0 unspecified atom stereocenters. The Balaban J connectivity index is 1.74. The molecule has 0 spiro atoms. The van der Waals surface area contributed by atoms with Gasteiger partial charge in [-0.25, -0.2) is 4.39 Å². The van der Waals surface area contributed by atoms with Crippen molar-refractivity contribution in [1.82, 2.24) is 14.9 Å². The summed E-state index contributed by atoms with van der Waals surface area (Å²) in [6.45, 7) is 2.28. The second-order valence-corrected chi connectivity index (χ2v) is 7.32. The van der Waals surface area contributed by atoms with Crippen molar-refractivity contribution in [3.05, 3.63) is 107 Å². The van der Waals surface area contributed by atoms with Crippen molar-refractivity contribution >= 4 is 17.5 Å². The topological polar surface area (TPSA) is 46.9 Å². The van der Waals surface area contributed by atoms with Crippen LogP contribution in [-0.2, 0) is 6.54 Å². The molecule has 2 aromatic heterocycles. The number of benzene rings is 2. The van der Waals surface area contributed by atoms with E-state index in [9.17, 15) is 9.18 Å². The van der Waals surface area contributed by atoms with E-state index in [-0.39, 0.29) is 11.7 Å². The number of nitrogens with one attached hydrogen (secondary N) is 1. The van der Waals surface area contributed by atoms with Gasteiger partial charge in [-0.2, -0.15) is 0 Å². The molecule has 4 nitrogen and oxygen atoms in total. The van der Waals surface area contributed by atoms with Crippen LogP contribution in [0.5, 0.6) is 0 Å². The number of rotatable bonds is 5. The molecule has 30 heavy (non-hydrogen) atoms. The first-order chi connectivity index (χ1) is 14.5. The SMILES string of the molecule is Cc1c(C(=O)NCc2ccncc2)cc(-c2ccc(Cl)cc2)n1-c1ccc(F)cc1. The van der Waals surface area contributed by atoms with Crippen LogP contribution >= 0.6 is 11.6 Å².